The van der Waals surface area contributed by atoms with E-state index in [0.717, 1.165) is 32.6 Å². The highest BCUT2D eigenvalue weighted by Gasteiger charge is 2.26. The molecular weight excluding hydrogens is 428 g/mol. The van der Waals surface area contributed by atoms with Crippen molar-refractivity contribution in [2.24, 2.45) is 0 Å². The van der Waals surface area contributed by atoms with Gasteiger partial charge < -0.3 is 0 Å². The molecular formula is C28H32N2O2S. The van der Waals surface area contributed by atoms with Crippen molar-refractivity contribution in [3.63, 3.8) is 0 Å². The van der Waals surface area contributed by atoms with Crippen molar-refractivity contribution >= 4 is 18.1 Å². The van der Waals surface area contributed by atoms with E-state index in [4.69, 9.17) is 9.59 Å². The van der Waals surface area contributed by atoms with Crippen LogP contribution in [-0.2, 0) is 22.6 Å². The van der Waals surface area contributed by atoms with Gasteiger partial charge in [-0.05, 0) is 54.3 Å². The third-order valence-corrected chi connectivity index (χ3v) is 7.08. The summed E-state index contributed by atoms with van der Waals surface area (Å²) in [6, 6.07) is 27.4. The second-order valence-corrected chi connectivity index (χ2v) is 9.33. The fourth-order valence-electron chi connectivity index (χ4n) is 4.43. The lowest BCUT2D eigenvalue weighted by Crippen LogP contribution is -2.50. The summed E-state index contributed by atoms with van der Waals surface area (Å²) >= 11 is 1.89. The molecule has 1 aliphatic rings. The summed E-state index contributed by atoms with van der Waals surface area (Å²) in [7, 11) is 0. The van der Waals surface area contributed by atoms with Crippen molar-refractivity contribution in [3.8, 4) is 11.1 Å². The van der Waals surface area contributed by atoms with Crippen molar-refractivity contribution in [2.45, 2.75) is 32.9 Å². The van der Waals surface area contributed by atoms with E-state index >= 15 is 0 Å². The molecule has 4 rings (SSSR count). The molecule has 33 heavy (non-hydrogen) atoms. The van der Waals surface area contributed by atoms with Gasteiger partial charge in [-0.25, -0.2) is 4.31 Å². The molecule has 1 aliphatic heterocycles. The van der Waals surface area contributed by atoms with E-state index in [1.54, 1.807) is 0 Å². The van der Waals surface area contributed by atoms with E-state index in [1.165, 1.54) is 33.4 Å². The highest BCUT2D eigenvalue weighted by atomic mass is 32.2. The number of nitrogens with zero attached hydrogens (tertiary/aromatic N) is 2. The molecule has 0 radical (unpaired) electrons. The fourth-order valence-corrected chi connectivity index (χ4v) is 5.14. The Morgan fingerprint density at radius 2 is 1.61 bits per heavy atom. The van der Waals surface area contributed by atoms with Crippen LogP contribution >= 0.6 is 11.9 Å². The molecule has 0 amide bonds. The lowest BCUT2D eigenvalue weighted by Gasteiger charge is -2.40. The van der Waals surface area contributed by atoms with Gasteiger partial charge in [-0.3, -0.25) is 4.90 Å². The molecule has 0 spiro atoms. The molecule has 3 aromatic carbocycles. The largest absolute Gasteiger partial charge is 0.373 e. The SMILES string of the molecule is CSN1CCN(Cc2ccc(-c3cc(C)ccc3C)cc2)CC1Cc1ccccc1.O=C=O. The van der Waals surface area contributed by atoms with Gasteiger partial charge in [-0.2, -0.15) is 9.59 Å². The van der Waals surface area contributed by atoms with Crippen LogP contribution in [0.25, 0.3) is 11.1 Å². The topological polar surface area (TPSA) is 40.6 Å². The van der Waals surface area contributed by atoms with E-state index in [1.807, 2.05) is 11.9 Å². The van der Waals surface area contributed by atoms with E-state index in [9.17, 15) is 0 Å². The van der Waals surface area contributed by atoms with Crippen LogP contribution in [0.4, 0.5) is 0 Å². The predicted octanol–water partition coefficient (Wildman–Crippen LogP) is 5.39. The monoisotopic (exact) mass is 460 g/mol. The number of carbonyl (C=O) groups excluding carboxylic acids is 2. The molecule has 172 valence electrons. The summed E-state index contributed by atoms with van der Waals surface area (Å²) in [4.78, 5) is 18.9. The Balaban J connectivity index is 0.000000968. The molecule has 1 unspecified atom stereocenters. The van der Waals surface area contributed by atoms with Crippen LogP contribution < -0.4 is 0 Å². The number of benzene rings is 3. The van der Waals surface area contributed by atoms with Crippen molar-refractivity contribution in [1.29, 1.82) is 0 Å². The quantitative estimate of drug-likeness (QED) is 0.461. The zero-order valence-electron chi connectivity index (χ0n) is 19.7. The molecule has 0 N–H and O–H groups in total. The Kier molecular flexibility index (Phi) is 9.47. The summed E-state index contributed by atoms with van der Waals surface area (Å²) in [5, 5.41) is 0. The van der Waals surface area contributed by atoms with Gasteiger partial charge in [0.25, 0.3) is 0 Å². The molecule has 1 saturated heterocycles. The van der Waals surface area contributed by atoms with Gasteiger partial charge in [0.15, 0.2) is 0 Å². The zero-order chi connectivity index (χ0) is 23.6. The summed E-state index contributed by atoms with van der Waals surface area (Å²) in [6.07, 6.45) is 3.57. The van der Waals surface area contributed by atoms with Crippen LogP contribution in [0.5, 0.6) is 0 Å². The number of hydrogen-bond acceptors (Lipinski definition) is 5. The Morgan fingerprint density at radius 1 is 0.909 bits per heavy atom. The minimum absolute atomic E-state index is 0.250. The Bertz CT molecular complexity index is 1050. The van der Waals surface area contributed by atoms with E-state index < -0.39 is 0 Å². The number of aryl methyl sites for hydroxylation is 2. The lowest BCUT2D eigenvalue weighted by atomic mass is 9.97. The average molecular weight is 461 g/mol. The van der Waals surface area contributed by atoms with Gasteiger partial charge in [0.2, 0.25) is 0 Å². The predicted molar refractivity (Wildman–Crippen MR) is 136 cm³/mol. The lowest BCUT2D eigenvalue weighted by molar-refractivity contribution is -0.191. The van der Waals surface area contributed by atoms with Gasteiger partial charge in [-0.1, -0.05) is 90.3 Å². The molecule has 0 aromatic heterocycles. The van der Waals surface area contributed by atoms with Gasteiger partial charge >= 0.3 is 6.15 Å². The zero-order valence-corrected chi connectivity index (χ0v) is 20.5. The van der Waals surface area contributed by atoms with Gasteiger partial charge in [0.1, 0.15) is 0 Å². The molecule has 1 atom stereocenters. The first-order valence-electron chi connectivity index (χ1n) is 11.3. The summed E-state index contributed by atoms with van der Waals surface area (Å²) in [5.41, 5.74) is 8.15. The molecule has 0 aliphatic carbocycles. The normalized spacial score (nSPS) is 16.5. The maximum Gasteiger partial charge on any atom is 0.373 e. The minimum atomic E-state index is 0.250. The van der Waals surface area contributed by atoms with E-state index in [0.29, 0.717) is 6.04 Å². The molecule has 1 fully saturated rings. The molecule has 0 bridgehead atoms. The molecule has 5 heteroatoms. The second kappa shape index (κ2) is 12.5. The number of hydrogen-bond donors (Lipinski definition) is 0. The summed E-state index contributed by atoms with van der Waals surface area (Å²) in [5.74, 6) is 0. The Morgan fingerprint density at radius 3 is 2.27 bits per heavy atom. The van der Waals surface area contributed by atoms with E-state index in [-0.39, 0.29) is 6.15 Å². The third-order valence-electron chi connectivity index (χ3n) is 6.13. The van der Waals surface area contributed by atoms with Crippen LogP contribution in [0.1, 0.15) is 22.3 Å². The number of piperazine rings is 1. The molecule has 3 aromatic rings. The smallest absolute Gasteiger partial charge is 0.296 e. The molecule has 0 saturated carbocycles. The van der Waals surface area contributed by atoms with Crippen molar-refractivity contribution in [1.82, 2.24) is 9.21 Å². The van der Waals surface area contributed by atoms with Crippen LogP contribution in [0.3, 0.4) is 0 Å². The standard InChI is InChI=1S/C27H32N2S.CO2/c1-21-9-10-22(2)27(17-21)25-13-11-24(12-14-25)19-28-15-16-29(30-3)26(20-28)18-23-7-5-4-6-8-23;2-1-3/h4-14,17,26H,15-16,18-20H2,1-3H3;. The maximum absolute atomic E-state index is 8.12. The van der Waals surface area contributed by atoms with Crippen LogP contribution in [0, 0.1) is 13.8 Å². The minimum Gasteiger partial charge on any atom is -0.296 e. The van der Waals surface area contributed by atoms with Crippen LogP contribution in [-0.4, -0.2) is 47.3 Å². The average Bonchev–Trinajstić information content (AvgIpc) is 2.83. The highest BCUT2D eigenvalue weighted by molar-refractivity contribution is 7.96. The third kappa shape index (κ3) is 7.15. The van der Waals surface area contributed by atoms with Crippen molar-refractivity contribution in [3.05, 3.63) is 95.1 Å². The van der Waals surface area contributed by atoms with Crippen LogP contribution in [0.15, 0.2) is 72.8 Å². The number of rotatable bonds is 6. The second-order valence-electron chi connectivity index (χ2n) is 8.50. The van der Waals surface area contributed by atoms with Gasteiger partial charge in [-0.15, -0.1) is 0 Å². The van der Waals surface area contributed by atoms with Crippen molar-refractivity contribution < 1.29 is 9.59 Å². The Hall–Kier alpha value is -2.69. The van der Waals surface area contributed by atoms with Gasteiger partial charge in [0, 0.05) is 32.2 Å². The molecule has 1 heterocycles. The highest BCUT2D eigenvalue weighted by Crippen LogP contribution is 2.26. The maximum atomic E-state index is 8.12. The van der Waals surface area contributed by atoms with Crippen LogP contribution in [0.2, 0.25) is 0 Å². The summed E-state index contributed by atoms with van der Waals surface area (Å²) in [6.45, 7) is 8.76. The molecule has 4 nitrogen and oxygen atoms in total. The van der Waals surface area contributed by atoms with E-state index in [2.05, 4.69) is 102 Å². The first-order valence-corrected chi connectivity index (χ1v) is 12.4. The fraction of sp³-hybridized carbons (Fsp3) is 0.321. The van der Waals surface area contributed by atoms with Crippen molar-refractivity contribution in [2.75, 3.05) is 25.9 Å². The Labute approximate surface area is 201 Å². The van der Waals surface area contributed by atoms with Gasteiger partial charge in [0.05, 0.1) is 0 Å². The first-order chi connectivity index (χ1) is 16.0. The summed E-state index contributed by atoms with van der Waals surface area (Å²) < 4.78 is 2.56. The first kappa shape index (κ1) is 24.9.